The Bertz CT molecular complexity index is 284. The molecule has 1 fully saturated rings. The minimum atomic E-state index is -1.06. The number of carbonyl (C=O) groups is 1. The van der Waals surface area contributed by atoms with Gasteiger partial charge in [0.25, 0.3) is 0 Å². The molecule has 0 amide bonds. The van der Waals surface area contributed by atoms with Crippen molar-refractivity contribution in [3.05, 3.63) is 0 Å². The molecule has 1 rings (SSSR count). The van der Waals surface area contributed by atoms with Gasteiger partial charge in [-0.1, -0.05) is 6.92 Å². The first kappa shape index (κ1) is 16.4. The molecule has 5 heteroatoms. The topological polar surface area (TPSA) is 75.8 Å². The molecule has 3 N–H and O–H groups in total. The maximum absolute atomic E-state index is 11.1. The monoisotopic (exact) mass is 272 g/mol. The average Bonchev–Trinajstić information content (AvgIpc) is 2.39. The van der Waals surface area contributed by atoms with E-state index in [1.54, 1.807) is 0 Å². The summed E-state index contributed by atoms with van der Waals surface area (Å²) < 4.78 is 5.66. The number of likely N-dealkylation sites (tertiary alicyclic amines) is 1. The highest BCUT2D eigenvalue weighted by Gasteiger charge is 2.31. The second-order valence-corrected chi connectivity index (χ2v) is 5.44. The van der Waals surface area contributed by atoms with E-state index in [1.807, 2.05) is 13.8 Å². The highest BCUT2D eigenvalue weighted by Crippen LogP contribution is 2.17. The summed E-state index contributed by atoms with van der Waals surface area (Å²) in [6, 6.07) is 0. The molecule has 1 saturated heterocycles. The van der Waals surface area contributed by atoms with Crippen LogP contribution in [0.1, 0.15) is 46.0 Å². The fourth-order valence-corrected chi connectivity index (χ4v) is 2.64. The van der Waals surface area contributed by atoms with Crippen molar-refractivity contribution in [2.45, 2.75) is 57.6 Å². The molecule has 1 aliphatic rings. The zero-order valence-corrected chi connectivity index (χ0v) is 12.2. The van der Waals surface area contributed by atoms with Crippen LogP contribution in [0.5, 0.6) is 0 Å². The summed E-state index contributed by atoms with van der Waals surface area (Å²) in [5.41, 5.74) is 4.83. The SMILES string of the molecule is CCOC1CCCN(CCCC(N)(CC)C(=O)O)C1. The van der Waals surface area contributed by atoms with Gasteiger partial charge in [-0.2, -0.15) is 0 Å². The molecule has 2 atom stereocenters. The number of nitrogens with zero attached hydrogens (tertiary/aromatic N) is 1. The highest BCUT2D eigenvalue weighted by atomic mass is 16.5. The quantitative estimate of drug-likeness (QED) is 0.699. The van der Waals surface area contributed by atoms with E-state index in [0.717, 1.165) is 45.5 Å². The third-order valence-corrected chi connectivity index (χ3v) is 4.02. The lowest BCUT2D eigenvalue weighted by Crippen LogP contribution is -2.48. The van der Waals surface area contributed by atoms with Crippen molar-refractivity contribution in [1.29, 1.82) is 0 Å². The fourth-order valence-electron chi connectivity index (χ4n) is 2.64. The largest absolute Gasteiger partial charge is 0.480 e. The average molecular weight is 272 g/mol. The zero-order chi connectivity index (χ0) is 14.3. The summed E-state index contributed by atoms with van der Waals surface area (Å²) in [6.45, 7) is 7.58. The van der Waals surface area contributed by atoms with Gasteiger partial charge in [-0.05, 0) is 52.1 Å². The van der Waals surface area contributed by atoms with Crippen molar-refractivity contribution < 1.29 is 14.6 Å². The van der Waals surface area contributed by atoms with Crippen LogP contribution in [0, 0.1) is 0 Å². The maximum atomic E-state index is 11.1. The second kappa shape index (κ2) is 7.82. The smallest absolute Gasteiger partial charge is 0.323 e. The molecular weight excluding hydrogens is 244 g/mol. The lowest BCUT2D eigenvalue weighted by atomic mass is 9.91. The van der Waals surface area contributed by atoms with Gasteiger partial charge < -0.3 is 20.5 Å². The van der Waals surface area contributed by atoms with E-state index in [9.17, 15) is 4.79 Å². The summed E-state index contributed by atoms with van der Waals surface area (Å²) in [7, 11) is 0. The van der Waals surface area contributed by atoms with Crippen LogP contribution in [0.4, 0.5) is 0 Å². The number of nitrogens with two attached hydrogens (primary N) is 1. The summed E-state index contributed by atoms with van der Waals surface area (Å²) in [6.07, 6.45) is 4.47. The van der Waals surface area contributed by atoms with Crippen LogP contribution in [-0.4, -0.2) is 53.9 Å². The summed E-state index contributed by atoms with van der Waals surface area (Å²) in [5, 5.41) is 9.12. The van der Waals surface area contributed by atoms with Gasteiger partial charge in [-0.15, -0.1) is 0 Å². The first-order valence-corrected chi connectivity index (χ1v) is 7.38. The predicted octanol–water partition coefficient (Wildman–Crippen LogP) is 1.46. The molecular formula is C14H28N2O3. The molecule has 19 heavy (non-hydrogen) atoms. The van der Waals surface area contributed by atoms with Crippen LogP contribution < -0.4 is 5.73 Å². The minimum Gasteiger partial charge on any atom is -0.480 e. The fraction of sp³-hybridized carbons (Fsp3) is 0.929. The predicted molar refractivity (Wildman–Crippen MR) is 75.2 cm³/mol. The third kappa shape index (κ3) is 5.09. The van der Waals surface area contributed by atoms with Crippen molar-refractivity contribution in [1.82, 2.24) is 4.90 Å². The van der Waals surface area contributed by atoms with Gasteiger partial charge in [-0.3, -0.25) is 4.79 Å². The Morgan fingerprint density at radius 2 is 2.26 bits per heavy atom. The van der Waals surface area contributed by atoms with Gasteiger partial charge in [-0.25, -0.2) is 0 Å². The van der Waals surface area contributed by atoms with Crippen LogP contribution in [0.15, 0.2) is 0 Å². The molecule has 0 saturated carbocycles. The van der Waals surface area contributed by atoms with Crippen molar-refractivity contribution >= 4 is 5.97 Å². The van der Waals surface area contributed by atoms with Gasteiger partial charge in [0.2, 0.25) is 0 Å². The van der Waals surface area contributed by atoms with Crippen LogP contribution in [0.3, 0.4) is 0 Å². The van der Waals surface area contributed by atoms with Crippen LogP contribution in [0.2, 0.25) is 0 Å². The third-order valence-electron chi connectivity index (χ3n) is 4.02. The van der Waals surface area contributed by atoms with Crippen LogP contribution >= 0.6 is 0 Å². The molecule has 5 nitrogen and oxygen atoms in total. The number of piperidine rings is 1. The number of hydrogen-bond acceptors (Lipinski definition) is 4. The second-order valence-electron chi connectivity index (χ2n) is 5.44. The number of ether oxygens (including phenoxy) is 1. The van der Waals surface area contributed by atoms with Gasteiger partial charge in [0.15, 0.2) is 0 Å². The van der Waals surface area contributed by atoms with E-state index in [-0.39, 0.29) is 0 Å². The minimum absolute atomic E-state index is 0.340. The molecule has 0 aromatic heterocycles. The Labute approximate surface area is 116 Å². The molecule has 1 aliphatic heterocycles. The number of carboxylic acids is 1. The summed E-state index contributed by atoms with van der Waals surface area (Å²) in [4.78, 5) is 13.5. The molecule has 0 bridgehead atoms. The van der Waals surface area contributed by atoms with Crippen molar-refractivity contribution in [3.8, 4) is 0 Å². The van der Waals surface area contributed by atoms with E-state index >= 15 is 0 Å². The molecule has 0 spiro atoms. The molecule has 0 aromatic carbocycles. The standard InChI is InChI=1S/C14H28N2O3/c1-3-14(15,13(17)18)8-6-10-16-9-5-7-12(11-16)19-4-2/h12H,3-11,15H2,1-2H3,(H,17,18). The number of rotatable bonds is 8. The normalized spacial score (nSPS) is 24.1. The first-order valence-electron chi connectivity index (χ1n) is 7.38. The lowest BCUT2D eigenvalue weighted by molar-refractivity contribution is -0.143. The molecule has 1 heterocycles. The molecule has 0 aliphatic carbocycles. The lowest BCUT2D eigenvalue weighted by Gasteiger charge is -2.33. The maximum Gasteiger partial charge on any atom is 0.323 e. The van der Waals surface area contributed by atoms with Gasteiger partial charge >= 0.3 is 5.97 Å². The van der Waals surface area contributed by atoms with Crippen molar-refractivity contribution in [3.63, 3.8) is 0 Å². The Kier molecular flexibility index (Phi) is 6.75. The number of hydrogen-bond donors (Lipinski definition) is 2. The number of aliphatic carboxylic acids is 1. The van der Waals surface area contributed by atoms with Gasteiger partial charge in [0.05, 0.1) is 6.10 Å². The Hall–Kier alpha value is -0.650. The van der Waals surface area contributed by atoms with Crippen LogP contribution in [-0.2, 0) is 9.53 Å². The van der Waals surface area contributed by atoms with E-state index in [4.69, 9.17) is 15.6 Å². The zero-order valence-electron chi connectivity index (χ0n) is 12.2. The van der Waals surface area contributed by atoms with Crippen LogP contribution in [0.25, 0.3) is 0 Å². The van der Waals surface area contributed by atoms with Crippen molar-refractivity contribution in [2.24, 2.45) is 5.73 Å². The first-order chi connectivity index (χ1) is 9.01. The highest BCUT2D eigenvalue weighted by molar-refractivity contribution is 5.78. The Morgan fingerprint density at radius 1 is 1.53 bits per heavy atom. The molecule has 0 aromatic rings. The molecule has 2 unspecified atom stereocenters. The Balaban J connectivity index is 2.30. The van der Waals surface area contributed by atoms with E-state index in [0.29, 0.717) is 18.9 Å². The van der Waals surface area contributed by atoms with Crippen molar-refractivity contribution in [2.75, 3.05) is 26.2 Å². The van der Waals surface area contributed by atoms with E-state index in [2.05, 4.69) is 4.90 Å². The van der Waals surface area contributed by atoms with Gasteiger partial charge in [0, 0.05) is 13.2 Å². The number of carboxylic acid groups (broad SMARTS) is 1. The molecule has 112 valence electrons. The molecule has 0 radical (unpaired) electrons. The van der Waals surface area contributed by atoms with E-state index < -0.39 is 11.5 Å². The Morgan fingerprint density at radius 3 is 2.84 bits per heavy atom. The summed E-state index contributed by atoms with van der Waals surface area (Å²) in [5.74, 6) is -0.888. The summed E-state index contributed by atoms with van der Waals surface area (Å²) >= 11 is 0. The van der Waals surface area contributed by atoms with Gasteiger partial charge in [0.1, 0.15) is 5.54 Å². The van der Waals surface area contributed by atoms with E-state index in [1.165, 1.54) is 0 Å².